The lowest BCUT2D eigenvalue weighted by Gasteiger charge is -2.00. The van der Waals surface area contributed by atoms with Crippen LogP contribution in [-0.2, 0) is 12.8 Å². The third kappa shape index (κ3) is 3.12. The summed E-state index contributed by atoms with van der Waals surface area (Å²) in [5, 5.41) is 4.93. The summed E-state index contributed by atoms with van der Waals surface area (Å²) >= 11 is 13.6. The zero-order valence-electron chi connectivity index (χ0n) is 11.0. The van der Waals surface area contributed by atoms with Gasteiger partial charge in [-0.3, -0.25) is 4.79 Å². The third-order valence-electron chi connectivity index (χ3n) is 3.33. The number of rotatable bonds is 3. The number of carbonyl (C=O) groups excluding carboxylic acids is 1. The van der Waals surface area contributed by atoms with Crippen LogP contribution >= 0.6 is 34.5 Å². The van der Waals surface area contributed by atoms with Gasteiger partial charge in [0, 0.05) is 10.4 Å². The first-order valence-electron chi connectivity index (χ1n) is 6.54. The molecule has 3 rings (SSSR count). The lowest BCUT2D eigenvalue weighted by Crippen LogP contribution is -2.16. The number of thiophene rings is 1. The highest BCUT2D eigenvalue weighted by atomic mass is 35.5. The van der Waals surface area contributed by atoms with Gasteiger partial charge in [0.25, 0.3) is 5.91 Å². The Morgan fingerprint density at radius 1 is 1.29 bits per heavy atom. The van der Waals surface area contributed by atoms with Gasteiger partial charge in [-0.2, -0.15) is 5.10 Å². The number of benzene rings is 1. The molecule has 0 bridgehead atoms. The molecule has 0 saturated carbocycles. The first-order valence-corrected chi connectivity index (χ1v) is 8.11. The molecule has 1 N–H and O–H groups in total. The zero-order valence-corrected chi connectivity index (χ0v) is 13.4. The summed E-state index contributed by atoms with van der Waals surface area (Å²) in [4.78, 5) is 14.0. The Hall–Kier alpha value is -1.36. The van der Waals surface area contributed by atoms with E-state index in [1.165, 1.54) is 23.1 Å². The van der Waals surface area contributed by atoms with E-state index in [0.29, 0.717) is 20.5 Å². The molecular weight excluding hydrogens is 327 g/mol. The van der Waals surface area contributed by atoms with Crippen LogP contribution in [0.25, 0.3) is 0 Å². The van der Waals surface area contributed by atoms with E-state index in [9.17, 15) is 4.79 Å². The number of hydrogen-bond acceptors (Lipinski definition) is 3. The van der Waals surface area contributed by atoms with Crippen LogP contribution in [0.15, 0.2) is 29.4 Å². The van der Waals surface area contributed by atoms with Gasteiger partial charge in [0.05, 0.1) is 21.1 Å². The maximum absolute atomic E-state index is 12.0. The van der Waals surface area contributed by atoms with Gasteiger partial charge < -0.3 is 0 Å². The highest BCUT2D eigenvalue weighted by Gasteiger charge is 2.18. The van der Waals surface area contributed by atoms with Gasteiger partial charge in [-0.25, -0.2) is 5.43 Å². The molecule has 1 aromatic carbocycles. The van der Waals surface area contributed by atoms with Crippen LogP contribution in [0.2, 0.25) is 10.0 Å². The summed E-state index contributed by atoms with van der Waals surface area (Å²) < 4.78 is 0. The minimum atomic E-state index is -0.200. The van der Waals surface area contributed by atoms with Crippen LogP contribution in [0.1, 0.15) is 32.1 Å². The number of carbonyl (C=O) groups is 1. The Bertz CT molecular complexity index is 683. The quantitative estimate of drug-likeness (QED) is 0.657. The Labute approximate surface area is 136 Å². The average molecular weight is 339 g/mol. The first-order chi connectivity index (χ1) is 10.1. The van der Waals surface area contributed by atoms with Gasteiger partial charge in [0.15, 0.2) is 0 Å². The van der Waals surface area contributed by atoms with E-state index in [0.717, 1.165) is 12.8 Å². The number of nitrogens with zero attached hydrogens (tertiary/aromatic N) is 1. The van der Waals surface area contributed by atoms with Gasteiger partial charge in [0.1, 0.15) is 0 Å². The Morgan fingerprint density at radius 3 is 2.76 bits per heavy atom. The van der Waals surface area contributed by atoms with Crippen LogP contribution in [-0.4, -0.2) is 12.1 Å². The molecule has 1 amide bonds. The van der Waals surface area contributed by atoms with Crippen LogP contribution in [0.3, 0.4) is 0 Å². The number of nitrogens with one attached hydrogen (secondary N) is 1. The second-order valence-corrected chi connectivity index (χ2v) is 6.70. The van der Waals surface area contributed by atoms with E-state index >= 15 is 0 Å². The lowest BCUT2D eigenvalue weighted by molar-refractivity contribution is 0.0959. The van der Waals surface area contributed by atoms with Gasteiger partial charge >= 0.3 is 0 Å². The fourth-order valence-corrected chi connectivity index (χ4v) is 3.92. The maximum Gasteiger partial charge on any atom is 0.281 e. The highest BCUT2D eigenvalue weighted by molar-refractivity contribution is 7.14. The number of aryl methyl sites for hydroxylation is 2. The fraction of sp³-hybridized carbons (Fsp3) is 0.200. The number of amides is 1. The van der Waals surface area contributed by atoms with Crippen LogP contribution in [0.4, 0.5) is 0 Å². The first kappa shape index (κ1) is 14.6. The van der Waals surface area contributed by atoms with E-state index in [4.69, 9.17) is 23.2 Å². The van der Waals surface area contributed by atoms with Crippen molar-refractivity contribution in [2.45, 2.75) is 19.3 Å². The molecule has 0 fully saturated rings. The number of fused-ring (bicyclic) bond motifs is 1. The monoisotopic (exact) mass is 338 g/mol. The lowest BCUT2D eigenvalue weighted by atomic mass is 10.2. The minimum Gasteiger partial charge on any atom is -0.266 e. The number of hydrogen-bond donors (Lipinski definition) is 1. The van der Waals surface area contributed by atoms with Gasteiger partial charge in [0.2, 0.25) is 0 Å². The van der Waals surface area contributed by atoms with Crippen molar-refractivity contribution < 1.29 is 4.79 Å². The molecule has 2 aromatic rings. The van der Waals surface area contributed by atoms with Crippen molar-refractivity contribution in [2.75, 3.05) is 0 Å². The molecule has 3 nitrogen and oxygen atoms in total. The Kier molecular flexibility index (Phi) is 4.29. The second-order valence-electron chi connectivity index (χ2n) is 4.75. The summed E-state index contributed by atoms with van der Waals surface area (Å²) in [5.74, 6) is -0.200. The standard InChI is InChI=1S/C15H12Cl2N2OS/c16-11-4-2-5-12(17)10(11)8-18-19-15(20)14-7-9-3-1-6-13(9)21-14/h2,4-5,7-8H,1,3,6H2,(H,19,20)/b18-8-. The topological polar surface area (TPSA) is 41.5 Å². The number of halogens is 2. The Morgan fingerprint density at radius 2 is 2.05 bits per heavy atom. The van der Waals surface area contributed by atoms with Crippen molar-refractivity contribution in [1.82, 2.24) is 5.43 Å². The van der Waals surface area contributed by atoms with E-state index in [1.54, 1.807) is 29.5 Å². The van der Waals surface area contributed by atoms with Crippen molar-refractivity contribution in [2.24, 2.45) is 5.10 Å². The molecule has 0 radical (unpaired) electrons. The van der Waals surface area contributed by atoms with Crippen LogP contribution < -0.4 is 5.43 Å². The average Bonchev–Trinajstić information content (AvgIpc) is 3.03. The SMILES string of the molecule is O=C(N/N=C\c1c(Cl)cccc1Cl)c1cc2c(s1)CCC2. The molecule has 1 aromatic heterocycles. The summed E-state index contributed by atoms with van der Waals surface area (Å²) in [5.41, 5.74) is 4.40. The zero-order chi connectivity index (χ0) is 14.8. The third-order valence-corrected chi connectivity index (χ3v) is 5.22. The van der Waals surface area contributed by atoms with Crippen molar-refractivity contribution >= 4 is 46.7 Å². The molecule has 1 aliphatic carbocycles. The van der Waals surface area contributed by atoms with Crippen molar-refractivity contribution in [3.05, 3.63) is 55.2 Å². The molecule has 0 aliphatic heterocycles. The van der Waals surface area contributed by atoms with Crippen molar-refractivity contribution in [1.29, 1.82) is 0 Å². The van der Waals surface area contributed by atoms with Crippen molar-refractivity contribution in [3.8, 4) is 0 Å². The normalized spacial score (nSPS) is 13.6. The number of hydrazone groups is 1. The summed E-state index contributed by atoms with van der Waals surface area (Å²) in [7, 11) is 0. The van der Waals surface area contributed by atoms with Crippen molar-refractivity contribution in [3.63, 3.8) is 0 Å². The molecule has 1 heterocycles. The summed E-state index contributed by atoms with van der Waals surface area (Å²) in [6.45, 7) is 0. The largest absolute Gasteiger partial charge is 0.281 e. The molecule has 0 spiro atoms. The Balaban J connectivity index is 1.69. The van der Waals surface area contributed by atoms with E-state index in [2.05, 4.69) is 10.5 Å². The smallest absolute Gasteiger partial charge is 0.266 e. The molecule has 0 saturated heterocycles. The molecular formula is C15H12Cl2N2OS. The predicted octanol–water partition coefficient (Wildman–Crippen LogP) is 4.31. The van der Waals surface area contributed by atoms with E-state index < -0.39 is 0 Å². The van der Waals surface area contributed by atoms with Gasteiger partial charge in [-0.15, -0.1) is 11.3 Å². The molecule has 1 aliphatic rings. The summed E-state index contributed by atoms with van der Waals surface area (Å²) in [6, 6.07) is 7.16. The van der Waals surface area contributed by atoms with Crippen LogP contribution in [0.5, 0.6) is 0 Å². The molecule has 6 heteroatoms. The van der Waals surface area contributed by atoms with Crippen LogP contribution in [0, 0.1) is 0 Å². The molecule has 0 unspecified atom stereocenters. The summed E-state index contributed by atoms with van der Waals surface area (Å²) in [6.07, 6.45) is 4.79. The molecule has 21 heavy (non-hydrogen) atoms. The molecule has 0 atom stereocenters. The van der Waals surface area contributed by atoms with Gasteiger partial charge in [-0.05, 0) is 43.0 Å². The minimum absolute atomic E-state index is 0.200. The van der Waals surface area contributed by atoms with E-state index in [-0.39, 0.29) is 5.91 Å². The highest BCUT2D eigenvalue weighted by Crippen LogP contribution is 2.30. The second kappa shape index (κ2) is 6.18. The maximum atomic E-state index is 12.0. The van der Waals surface area contributed by atoms with E-state index in [1.807, 2.05) is 6.07 Å². The predicted molar refractivity (Wildman–Crippen MR) is 87.9 cm³/mol. The fourth-order valence-electron chi connectivity index (χ4n) is 2.29. The van der Waals surface area contributed by atoms with Gasteiger partial charge in [-0.1, -0.05) is 29.3 Å². The molecule has 108 valence electrons.